The number of carbonyl (C=O) groups excluding carboxylic acids is 1. The maximum Gasteiger partial charge on any atom is 0.371 e. The van der Waals surface area contributed by atoms with E-state index in [0.717, 1.165) is 5.56 Å². The van der Waals surface area contributed by atoms with Gasteiger partial charge in [0.05, 0.1) is 6.54 Å². The summed E-state index contributed by atoms with van der Waals surface area (Å²) in [6, 6.07) is 10.2. The molecule has 0 saturated carbocycles. The lowest BCUT2D eigenvalue weighted by atomic mass is 10.1. The number of carboxylic acids is 1. The van der Waals surface area contributed by atoms with Gasteiger partial charge >= 0.3 is 5.97 Å². The van der Waals surface area contributed by atoms with E-state index in [1.54, 1.807) is 6.07 Å². The van der Waals surface area contributed by atoms with E-state index in [1.165, 1.54) is 12.1 Å². The Hall–Kier alpha value is -2.27. The molecule has 21 heavy (non-hydrogen) atoms. The zero-order valence-electron chi connectivity index (χ0n) is 11.1. The second kappa shape index (κ2) is 6.95. The molecule has 5 nitrogen and oxygen atoms in total. The first-order valence-corrected chi connectivity index (χ1v) is 6.76. The Morgan fingerprint density at radius 1 is 1.19 bits per heavy atom. The van der Waals surface area contributed by atoms with Crippen molar-refractivity contribution in [2.45, 2.75) is 19.4 Å². The quantitative estimate of drug-likeness (QED) is 0.860. The largest absolute Gasteiger partial charge is 0.475 e. The summed E-state index contributed by atoms with van der Waals surface area (Å²) in [4.78, 5) is 22.4. The first kappa shape index (κ1) is 15.1. The molecule has 0 saturated heterocycles. The molecule has 2 aromatic rings. The smallest absolute Gasteiger partial charge is 0.371 e. The first-order valence-electron chi connectivity index (χ1n) is 6.38. The van der Waals surface area contributed by atoms with Gasteiger partial charge in [-0.25, -0.2) is 4.79 Å². The van der Waals surface area contributed by atoms with Crippen LogP contribution in [0.1, 0.15) is 28.3 Å². The van der Waals surface area contributed by atoms with Gasteiger partial charge in [0.25, 0.3) is 0 Å². The normalized spacial score (nSPS) is 10.3. The Balaban J connectivity index is 1.79. The van der Waals surface area contributed by atoms with Gasteiger partial charge in [-0.1, -0.05) is 29.8 Å². The molecule has 110 valence electrons. The number of benzene rings is 1. The molecule has 0 atom stereocenters. The zero-order chi connectivity index (χ0) is 15.2. The molecule has 0 aliphatic carbocycles. The number of hydrogen-bond acceptors (Lipinski definition) is 3. The van der Waals surface area contributed by atoms with Crippen LogP contribution in [0.2, 0.25) is 5.02 Å². The van der Waals surface area contributed by atoms with Gasteiger partial charge < -0.3 is 14.8 Å². The molecule has 2 rings (SSSR count). The molecule has 1 aromatic carbocycles. The predicted molar refractivity (Wildman–Crippen MR) is 77.3 cm³/mol. The van der Waals surface area contributed by atoms with Crippen LogP contribution in [0.4, 0.5) is 0 Å². The van der Waals surface area contributed by atoms with E-state index in [2.05, 4.69) is 5.32 Å². The second-order valence-corrected chi connectivity index (χ2v) is 4.85. The van der Waals surface area contributed by atoms with Crippen LogP contribution in [0.5, 0.6) is 0 Å². The topological polar surface area (TPSA) is 79.5 Å². The molecule has 0 unspecified atom stereocenters. The number of aryl methyl sites for hydroxylation is 1. The fourth-order valence-electron chi connectivity index (χ4n) is 1.81. The van der Waals surface area contributed by atoms with Crippen LogP contribution in [0.25, 0.3) is 0 Å². The van der Waals surface area contributed by atoms with Crippen LogP contribution in [0.15, 0.2) is 40.8 Å². The van der Waals surface area contributed by atoms with Gasteiger partial charge in [-0.15, -0.1) is 0 Å². The fraction of sp³-hybridized carbons (Fsp3) is 0.200. The van der Waals surface area contributed by atoms with Crippen molar-refractivity contribution in [2.75, 3.05) is 0 Å². The van der Waals surface area contributed by atoms with E-state index in [9.17, 15) is 9.59 Å². The summed E-state index contributed by atoms with van der Waals surface area (Å²) in [5.74, 6) is -1.02. The summed E-state index contributed by atoms with van der Waals surface area (Å²) in [5, 5.41) is 12.0. The average Bonchev–Trinajstić information content (AvgIpc) is 2.93. The van der Waals surface area contributed by atoms with Crippen molar-refractivity contribution in [1.82, 2.24) is 5.32 Å². The molecule has 0 fully saturated rings. The SMILES string of the molecule is O=C(CCc1ccccc1Cl)NCc1ccc(C(=O)O)o1. The van der Waals surface area contributed by atoms with Crippen LogP contribution in [-0.2, 0) is 17.8 Å². The highest BCUT2D eigenvalue weighted by Crippen LogP contribution is 2.16. The van der Waals surface area contributed by atoms with Crippen LogP contribution >= 0.6 is 11.6 Å². The van der Waals surface area contributed by atoms with Crippen molar-refractivity contribution in [2.24, 2.45) is 0 Å². The van der Waals surface area contributed by atoms with Crippen molar-refractivity contribution >= 4 is 23.5 Å². The Bertz CT molecular complexity index is 651. The number of rotatable bonds is 6. The van der Waals surface area contributed by atoms with Gasteiger partial charge in [-0.2, -0.15) is 0 Å². The van der Waals surface area contributed by atoms with E-state index < -0.39 is 5.97 Å². The van der Waals surface area contributed by atoms with Crippen molar-refractivity contribution in [3.05, 3.63) is 58.5 Å². The van der Waals surface area contributed by atoms with E-state index in [1.807, 2.05) is 18.2 Å². The number of furan rings is 1. The lowest BCUT2D eigenvalue weighted by Crippen LogP contribution is -2.22. The molecule has 0 aliphatic rings. The molecule has 2 N–H and O–H groups in total. The van der Waals surface area contributed by atoms with Crippen molar-refractivity contribution in [1.29, 1.82) is 0 Å². The van der Waals surface area contributed by atoms with Gasteiger partial charge in [-0.3, -0.25) is 4.79 Å². The number of halogens is 1. The molecule has 0 aliphatic heterocycles. The minimum atomic E-state index is -1.13. The van der Waals surface area contributed by atoms with Crippen molar-refractivity contribution in [3.8, 4) is 0 Å². The molecular formula is C15H14ClNO4. The highest BCUT2D eigenvalue weighted by molar-refractivity contribution is 6.31. The molecule has 0 spiro atoms. The standard InChI is InChI=1S/C15H14ClNO4/c16-12-4-2-1-3-10(12)5-8-14(18)17-9-11-6-7-13(21-11)15(19)20/h1-4,6-7H,5,8-9H2,(H,17,18)(H,19,20). The van der Waals surface area contributed by atoms with Crippen molar-refractivity contribution < 1.29 is 19.1 Å². The van der Waals surface area contributed by atoms with Gasteiger partial charge in [0, 0.05) is 11.4 Å². The third-order valence-electron chi connectivity index (χ3n) is 2.91. The highest BCUT2D eigenvalue weighted by Gasteiger charge is 2.10. The minimum absolute atomic E-state index is 0.143. The minimum Gasteiger partial charge on any atom is -0.475 e. The molecule has 1 aromatic heterocycles. The van der Waals surface area contributed by atoms with Gasteiger partial charge in [0.1, 0.15) is 5.76 Å². The molecular weight excluding hydrogens is 294 g/mol. The number of carbonyl (C=O) groups is 2. The Morgan fingerprint density at radius 2 is 1.95 bits per heavy atom. The van der Waals surface area contributed by atoms with Crippen molar-refractivity contribution in [3.63, 3.8) is 0 Å². The lowest BCUT2D eigenvalue weighted by molar-refractivity contribution is -0.121. The van der Waals surface area contributed by atoms with E-state index >= 15 is 0 Å². The Kier molecular flexibility index (Phi) is 5.00. The van der Waals surface area contributed by atoms with E-state index in [0.29, 0.717) is 23.6 Å². The third kappa shape index (κ3) is 4.36. The number of aromatic carboxylic acids is 1. The summed E-state index contributed by atoms with van der Waals surface area (Å²) >= 11 is 6.01. The number of nitrogens with one attached hydrogen (secondary N) is 1. The molecule has 0 radical (unpaired) electrons. The maximum atomic E-state index is 11.7. The first-order chi connectivity index (χ1) is 10.1. The lowest BCUT2D eigenvalue weighted by Gasteiger charge is -2.05. The summed E-state index contributed by atoms with van der Waals surface area (Å²) < 4.78 is 5.04. The summed E-state index contributed by atoms with van der Waals surface area (Å²) in [6.07, 6.45) is 0.847. The number of carboxylic acid groups (broad SMARTS) is 1. The molecule has 6 heteroatoms. The van der Waals surface area contributed by atoms with E-state index in [-0.39, 0.29) is 18.2 Å². The zero-order valence-corrected chi connectivity index (χ0v) is 11.9. The Morgan fingerprint density at radius 3 is 2.62 bits per heavy atom. The third-order valence-corrected chi connectivity index (χ3v) is 3.28. The summed E-state index contributed by atoms with van der Waals surface area (Å²) in [5.41, 5.74) is 0.917. The van der Waals surface area contributed by atoms with Gasteiger partial charge in [-0.05, 0) is 30.2 Å². The highest BCUT2D eigenvalue weighted by atomic mass is 35.5. The van der Waals surface area contributed by atoms with Crippen LogP contribution in [0, 0.1) is 0 Å². The molecule has 1 heterocycles. The maximum absolute atomic E-state index is 11.7. The van der Waals surface area contributed by atoms with E-state index in [4.69, 9.17) is 21.1 Å². The van der Waals surface area contributed by atoms with Crippen LogP contribution in [0.3, 0.4) is 0 Å². The molecule has 0 bridgehead atoms. The van der Waals surface area contributed by atoms with Crippen LogP contribution < -0.4 is 5.32 Å². The van der Waals surface area contributed by atoms with Gasteiger partial charge in [0.2, 0.25) is 11.7 Å². The summed E-state index contributed by atoms with van der Waals surface area (Å²) in [7, 11) is 0. The number of hydrogen-bond donors (Lipinski definition) is 2. The summed E-state index contributed by atoms with van der Waals surface area (Å²) in [6.45, 7) is 0.161. The average molecular weight is 308 g/mol. The predicted octanol–water partition coefficient (Wildman–Crippen LogP) is 2.88. The second-order valence-electron chi connectivity index (χ2n) is 4.44. The van der Waals surface area contributed by atoms with Gasteiger partial charge in [0.15, 0.2) is 0 Å². The molecule has 1 amide bonds. The number of amides is 1. The Labute approximate surface area is 126 Å². The monoisotopic (exact) mass is 307 g/mol. The fourth-order valence-corrected chi connectivity index (χ4v) is 2.04. The van der Waals surface area contributed by atoms with Crippen LogP contribution in [-0.4, -0.2) is 17.0 Å².